The molecule has 0 aliphatic rings. The lowest BCUT2D eigenvalue weighted by Crippen LogP contribution is -2.39. The zero-order valence-electron chi connectivity index (χ0n) is 17.6. The summed E-state index contributed by atoms with van der Waals surface area (Å²) < 4.78 is 0. The lowest BCUT2D eigenvalue weighted by molar-refractivity contribution is 0.0715. The standard InChI is InChI=1S/C21H27N7O2/c1-5-27(14-16(22-4)19-23-11-10-18(26-19)21(2,3)30)20(29)15-8-6-7-9-17(15)28-24-12-13-25-28/h6-13,16,22,30H,5,14H2,1-4H3. The van der Waals surface area contributed by atoms with Crippen LogP contribution in [0.4, 0.5) is 0 Å². The third-order valence-electron chi connectivity index (χ3n) is 4.80. The van der Waals surface area contributed by atoms with E-state index in [2.05, 4.69) is 25.5 Å². The number of para-hydroxylation sites is 1. The first kappa shape index (κ1) is 21.5. The van der Waals surface area contributed by atoms with Crippen molar-refractivity contribution in [2.24, 2.45) is 0 Å². The molecule has 0 radical (unpaired) electrons. The molecule has 1 unspecified atom stereocenters. The van der Waals surface area contributed by atoms with Gasteiger partial charge in [-0.25, -0.2) is 9.97 Å². The van der Waals surface area contributed by atoms with Crippen molar-refractivity contribution in [3.05, 3.63) is 66.0 Å². The summed E-state index contributed by atoms with van der Waals surface area (Å²) in [5.74, 6) is 0.384. The van der Waals surface area contributed by atoms with E-state index < -0.39 is 5.60 Å². The van der Waals surface area contributed by atoms with Crippen LogP contribution in [0.5, 0.6) is 0 Å². The minimum absolute atomic E-state index is 0.135. The van der Waals surface area contributed by atoms with E-state index in [4.69, 9.17) is 0 Å². The van der Waals surface area contributed by atoms with Crippen LogP contribution in [-0.4, -0.2) is 61.0 Å². The first-order valence-electron chi connectivity index (χ1n) is 9.83. The van der Waals surface area contributed by atoms with Crippen LogP contribution < -0.4 is 5.32 Å². The molecule has 2 heterocycles. The molecule has 9 heteroatoms. The van der Waals surface area contributed by atoms with Crippen LogP contribution >= 0.6 is 0 Å². The summed E-state index contributed by atoms with van der Waals surface area (Å²) >= 11 is 0. The Kier molecular flexibility index (Phi) is 6.53. The summed E-state index contributed by atoms with van der Waals surface area (Å²) in [6.07, 6.45) is 4.77. The summed E-state index contributed by atoms with van der Waals surface area (Å²) in [4.78, 5) is 25.4. The van der Waals surface area contributed by atoms with E-state index >= 15 is 0 Å². The highest BCUT2D eigenvalue weighted by Gasteiger charge is 2.25. The van der Waals surface area contributed by atoms with Gasteiger partial charge in [-0.2, -0.15) is 15.0 Å². The number of carbonyl (C=O) groups is 1. The molecule has 0 fully saturated rings. The van der Waals surface area contributed by atoms with E-state index in [9.17, 15) is 9.90 Å². The second kappa shape index (κ2) is 9.10. The van der Waals surface area contributed by atoms with Gasteiger partial charge in [0.2, 0.25) is 0 Å². The van der Waals surface area contributed by atoms with Crippen molar-refractivity contribution >= 4 is 5.91 Å². The van der Waals surface area contributed by atoms with Crippen LogP contribution in [0.25, 0.3) is 5.69 Å². The van der Waals surface area contributed by atoms with Crippen molar-refractivity contribution in [3.8, 4) is 5.69 Å². The van der Waals surface area contributed by atoms with Crippen LogP contribution in [0.3, 0.4) is 0 Å². The number of aliphatic hydroxyl groups is 1. The molecule has 3 aromatic rings. The number of carbonyl (C=O) groups excluding carboxylic acids is 1. The Morgan fingerprint density at radius 3 is 2.53 bits per heavy atom. The molecule has 1 atom stereocenters. The lowest BCUT2D eigenvalue weighted by Gasteiger charge is -2.27. The maximum atomic E-state index is 13.3. The van der Waals surface area contributed by atoms with Crippen molar-refractivity contribution in [2.75, 3.05) is 20.1 Å². The molecule has 158 valence electrons. The zero-order valence-corrected chi connectivity index (χ0v) is 17.6. The second-order valence-electron chi connectivity index (χ2n) is 7.38. The molecule has 0 aliphatic carbocycles. The smallest absolute Gasteiger partial charge is 0.256 e. The molecule has 0 saturated carbocycles. The quantitative estimate of drug-likeness (QED) is 0.583. The van der Waals surface area contributed by atoms with Crippen molar-refractivity contribution in [1.29, 1.82) is 0 Å². The Morgan fingerprint density at radius 1 is 1.20 bits per heavy atom. The van der Waals surface area contributed by atoms with E-state index in [-0.39, 0.29) is 11.9 Å². The summed E-state index contributed by atoms with van der Waals surface area (Å²) in [5.41, 5.74) is 0.576. The van der Waals surface area contributed by atoms with Gasteiger partial charge in [-0.3, -0.25) is 4.79 Å². The maximum absolute atomic E-state index is 13.3. The molecule has 30 heavy (non-hydrogen) atoms. The molecule has 0 aliphatic heterocycles. The van der Waals surface area contributed by atoms with Gasteiger partial charge in [-0.15, -0.1) is 0 Å². The fourth-order valence-corrected chi connectivity index (χ4v) is 3.10. The van der Waals surface area contributed by atoms with Crippen LogP contribution in [0.2, 0.25) is 0 Å². The maximum Gasteiger partial charge on any atom is 0.256 e. The number of nitrogens with zero attached hydrogens (tertiary/aromatic N) is 6. The van der Waals surface area contributed by atoms with Gasteiger partial charge in [0.15, 0.2) is 0 Å². The summed E-state index contributed by atoms with van der Waals surface area (Å²) in [6, 6.07) is 8.63. The molecule has 2 N–H and O–H groups in total. The van der Waals surface area contributed by atoms with Crippen LogP contribution in [0, 0.1) is 0 Å². The Balaban J connectivity index is 1.87. The molecule has 2 aromatic heterocycles. The predicted octanol–water partition coefficient (Wildman–Crippen LogP) is 1.71. The molecule has 9 nitrogen and oxygen atoms in total. The molecule has 3 rings (SSSR count). The van der Waals surface area contributed by atoms with Crippen molar-refractivity contribution in [3.63, 3.8) is 0 Å². The number of likely N-dealkylation sites (N-methyl/N-ethyl adjacent to an activating group) is 2. The highest BCUT2D eigenvalue weighted by atomic mass is 16.3. The van der Waals surface area contributed by atoms with Gasteiger partial charge in [0.1, 0.15) is 11.4 Å². The average molecular weight is 409 g/mol. The third kappa shape index (κ3) is 4.69. The summed E-state index contributed by atoms with van der Waals surface area (Å²) in [7, 11) is 1.80. The fraction of sp³-hybridized carbons (Fsp3) is 0.381. The Labute approximate surface area is 175 Å². The predicted molar refractivity (Wildman–Crippen MR) is 112 cm³/mol. The first-order chi connectivity index (χ1) is 14.3. The van der Waals surface area contributed by atoms with Gasteiger partial charge >= 0.3 is 0 Å². The molecular formula is C21H27N7O2. The van der Waals surface area contributed by atoms with Gasteiger partial charge in [0, 0.05) is 19.3 Å². The minimum atomic E-state index is -1.08. The van der Waals surface area contributed by atoms with Gasteiger partial charge in [-0.1, -0.05) is 12.1 Å². The highest BCUT2D eigenvalue weighted by Crippen LogP contribution is 2.20. The SMILES string of the molecule is CCN(CC(NC)c1nccc(C(C)(C)O)n1)C(=O)c1ccccc1-n1nccn1. The lowest BCUT2D eigenvalue weighted by atomic mass is 10.1. The molecule has 0 saturated heterocycles. The number of rotatable bonds is 8. The highest BCUT2D eigenvalue weighted by molar-refractivity contribution is 5.97. The largest absolute Gasteiger partial charge is 0.384 e. The summed E-state index contributed by atoms with van der Waals surface area (Å²) in [6.45, 7) is 6.14. The monoisotopic (exact) mass is 409 g/mol. The fourth-order valence-electron chi connectivity index (χ4n) is 3.10. The molecule has 1 amide bonds. The van der Waals surface area contributed by atoms with E-state index in [1.807, 2.05) is 25.1 Å². The van der Waals surface area contributed by atoms with Crippen LogP contribution in [0.15, 0.2) is 48.9 Å². The number of aromatic nitrogens is 5. The molecule has 0 bridgehead atoms. The number of benzene rings is 1. The van der Waals surface area contributed by atoms with Crippen molar-refractivity contribution in [1.82, 2.24) is 35.2 Å². The number of hydrogen-bond acceptors (Lipinski definition) is 7. The van der Waals surface area contributed by atoms with E-state index in [0.717, 1.165) is 0 Å². The minimum Gasteiger partial charge on any atom is -0.384 e. The number of hydrogen-bond donors (Lipinski definition) is 2. The number of amides is 1. The molecule has 0 spiro atoms. The normalized spacial score (nSPS) is 12.6. The van der Waals surface area contributed by atoms with E-state index in [1.54, 1.807) is 56.5 Å². The second-order valence-corrected chi connectivity index (χ2v) is 7.38. The van der Waals surface area contributed by atoms with Gasteiger partial charge in [0.25, 0.3) is 5.91 Å². The van der Waals surface area contributed by atoms with E-state index in [0.29, 0.717) is 35.9 Å². The van der Waals surface area contributed by atoms with Crippen molar-refractivity contribution < 1.29 is 9.90 Å². The van der Waals surface area contributed by atoms with Crippen molar-refractivity contribution in [2.45, 2.75) is 32.4 Å². The van der Waals surface area contributed by atoms with Gasteiger partial charge in [-0.05, 0) is 46.0 Å². The molecular weight excluding hydrogens is 382 g/mol. The van der Waals surface area contributed by atoms with Gasteiger partial charge in [0.05, 0.1) is 35.4 Å². The molecule has 1 aromatic carbocycles. The van der Waals surface area contributed by atoms with Crippen LogP contribution in [0.1, 0.15) is 48.7 Å². The van der Waals surface area contributed by atoms with E-state index in [1.165, 1.54) is 4.80 Å². The average Bonchev–Trinajstić information content (AvgIpc) is 3.28. The van der Waals surface area contributed by atoms with Gasteiger partial charge < -0.3 is 15.3 Å². The summed E-state index contributed by atoms with van der Waals surface area (Å²) in [5, 5.41) is 21.7. The van der Waals surface area contributed by atoms with Crippen LogP contribution in [-0.2, 0) is 5.60 Å². The third-order valence-corrected chi connectivity index (χ3v) is 4.80. The Bertz CT molecular complexity index is 983. The zero-order chi connectivity index (χ0) is 21.7. The topological polar surface area (TPSA) is 109 Å². The first-order valence-corrected chi connectivity index (χ1v) is 9.83. The Morgan fingerprint density at radius 2 is 1.90 bits per heavy atom. The number of nitrogens with one attached hydrogen (secondary N) is 1. The Hall–Kier alpha value is -3.17.